The summed E-state index contributed by atoms with van der Waals surface area (Å²) in [6.45, 7) is 0.888. The number of halogens is 2. The molecule has 0 aliphatic carbocycles. The number of hydrogen-bond acceptors (Lipinski definition) is 4. The molecule has 2 aromatic heterocycles. The number of ether oxygens (including phenoxy) is 1. The van der Waals surface area contributed by atoms with E-state index in [2.05, 4.69) is 26.0 Å². The molecule has 4 rings (SSSR count). The van der Waals surface area contributed by atoms with E-state index in [1.807, 2.05) is 4.57 Å². The lowest BCUT2D eigenvalue weighted by Gasteiger charge is -2.14. The molecule has 0 fully saturated rings. The first kappa shape index (κ1) is 15.3. The number of fused-ring (bicyclic) bond motifs is 2. The highest BCUT2D eigenvalue weighted by Crippen LogP contribution is 2.29. The fraction of sp³-hybridized carbons (Fsp3) is 0.312. The van der Waals surface area contributed by atoms with Crippen molar-refractivity contribution in [1.29, 1.82) is 0 Å². The second-order valence-corrected chi connectivity index (χ2v) is 6.64. The molecule has 0 amide bonds. The second-order valence-electron chi connectivity index (χ2n) is 5.73. The summed E-state index contributed by atoms with van der Waals surface area (Å²) in [6, 6.07) is 2.26. The molecule has 0 bridgehead atoms. The van der Waals surface area contributed by atoms with Crippen LogP contribution in [0.5, 0.6) is 0 Å². The number of carbonyl (C=O) groups is 1. The van der Waals surface area contributed by atoms with Crippen molar-refractivity contribution in [2.75, 3.05) is 7.11 Å². The number of esters is 1. The monoisotopic (exact) mass is 392 g/mol. The van der Waals surface area contributed by atoms with E-state index in [9.17, 15) is 9.18 Å². The Hall–Kier alpha value is -2.22. The summed E-state index contributed by atoms with van der Waals surface area (Å²) < 4.78 is 23.2. The van der Waals surface area contributed by atoms with Crippen molar-refractivity contribution in [2.45, 2.75) is 25.4 Å². The summed E-state index contributed by atoms with van der Waals surface area (Å²) in [5, 5.41) is 4.73. The van der Waals surface area contributed by atoms with E-state index in [4.69, 9.17) is 4.74 Å². The number of methoxy groups -OCH3 is 1. The summed E-state index contributed by atoms with van der Waals surface area (Å²) in [6.07, 6.45) is 5.12. The number of nitrogens with zero attached hydrogens (tertiary/aromatic N) is 4. The van der Waals surface area contributed by atoms with Crippen LogP contribution < -0.4 is 0 Å². The Morgan fingerprint density at radius 1 is 1.46 bits per heavy atom. The summed E-state index contributed by atoms with van der Waals surface area (Å²) in [5.41, 5.74) is 2.09. The molecule has 124 valence electrons. The van der Waals surface area contributed by atoms with Gasteiger partial charge in [0.15, 0.2) is 6.04 Å². The van der Waals surface area contributed by atoms with Crippen LogP contribution in [0, 0.1) is 5.82 Å². The van der Waals surface area contributed by atoms with Crippen molar-refractivity contribution in [3.63, 3.8) is 0 Å². The quantitative estimate of drug-likeness (QED) is 0.643. The number of imidazole rings is 1. The van der Waals surface area contributed by atoms with Gasteiger partial charge in [-0.15, -0.1) is 0 Å². The van der Waals surface area contributed by atoms with Gasteiger partial charge in [-0.05, 0) is 25.0 Å². The molecule has 24 heavy (non-hydrogen) atoms. The number of hydrogen-bond donors (Lipinski definition) is 0. The zero-order valence-corrected chi connectivity index (χ0v) is 14.5. The average Bonchev–Trinajstić information content (AvgIpc) is 3.23. The lowest BCUT2D eigenvalue weighted by Crippen LogP contribution is -2.24. The van der Waals surface area contributed by atoms with Crippen molar-refractivity contribution in [3.05, 3.63) is 46.3 Å². The summed E-state index contributed by atoms with van der Waals surface area (Å²) in [4.78, 5) is 16.8. The third-order valence-electron chi connectivity index (χ3n) is 4.30. The minimum atomic E-state index is -0.824. The van der Waals surface area contributed by atoms with Crippen LogP contribution in [0.15, 0.2) is 29.1 Å². The Bertz CT molecular complexity index is 949. The Kier molecular flexibility index (Phi) is 3.64. The van der Waals surface area contributed by atoms with E-state index in [1.165, 1.54) is 24.1 Å². The molecule has 3 aromatic rings. The predicted molar refractivity (Wildman–Crippen MR) is 88.1 cm³/mol. The highest BCUT2D eigenvalue weighted by molar-refractivity contribution is 9.10. The first-order chi connectivity index (χ1) is 11.6. The molecule has 8 heteroatoms. The number of rotatable bonds is 3. The van der Waals surface area contributed by atoms with Gasteiger partial charge in [0.2, 0.25) is 0 Å². The smallest absolute Gasteiger partial charge is 0.337 e. The standard InChI is InChI=1S/C16H14BrFN4O2/c1-24-16(23)15(14-13-3-2-4-21(13)8-19-14)22-7-10-11(18)5-9(17)6-12(10)20-22/h5-8,15H,2-4H2,1H3. The molecule has 0 radical (unpaired) electrons. The van der Waals surface area contributed by atoms with Gasteiger partial charge in [0.1, 0.15) is 5.82 Å². The molecule has 6 nitrogen and oxygen atoms in total. The number of benzene rings is 1. The van der Waals surface area contributed by atoms with Crippen LogP contribution in [0.2, 0.25) is 0 Å². The number of aryl methyl sites for hydroxylation is 1. The van der Waals surface area contributed by atoms with Crippen LogP contribution in [0.1, 0.15) is 23.9 Å². The molecule has 0 saturated heterocycles. The van der Waals surface area contributed by atoms with Gasteiger partial charge in [-0.1, -0.05) is 15.9 Å². The minimum Gasteiger partial charge on any atom is -0.467 e. The number of aromatic nitrogens is 4. The van der Waals surface area contributed by atoms with Gasteiger partial charge in [-0.2, -0.15) is 5.10 Å². The maximum Gasteiger partial charge on any atom is 0.337 e. The summed E-state index contributed by atoms with van der Waals surface area (Å²) in [5.74, 6) is -0.875. The Labute approximate surface area is 145 Å². The van der Waals surface area contributed by atoms with Gasteiger partial charge >= 0.3 is 5.97 Å². The molecular formula is C16H14BrFN4O2. The normalized spacial score (nSPS) is 14.8. The van der Waals surface area contributed by atoms with E-state index in [1.54, 1.807) is 12.4 Å². The fourth-order valence-electron chi connectivity index (χ4n) is 3.19. The third kappa shape index (κ3) is 2.32. The van der Waals surface area contributed by atoms with Gasteiger partial charge in [-0.25, -0.2) is 14.2 Å². The average molecular weight is 393 g/mol. The van der Waals surface area contributed by atoms with Crippen LogP contribution in [0.3, 0.4) is 0 Å². The Balaban J connectivity index is 1.88. The molecule has 1 aliphatic rings. The molecule has 1 unspecified atom stereocenters. The topological polar surface area (TPSA) is 61.9 Å². The highest BCUT2D eigenvalue weighted by Gasteiger charge is 2.32. The molecule has 3 heterocycles. The van der Waals surface area contributed by atoms with Gasteiger partial charge in [0.25, 0.3) is 0 Å². The summed E-state index contributed by atoms with van der Waals surface area (Å²) in [7, 11) is 1.33. The van der Waals surface area contributed by atoms with E-state index < -0.39 is 17.8 Å². The lowest BCUT2D eigenvalue weighted by atomic mass is 10.1. The zero-order valence-electron chi connectivity index (χ0n) is 12.9. The first-order valence-electron chi connectivity index (χ1n) is 7.54. The first-order valence-corrected chi connectivity index (χ1v) is 8.33. The Morgan fingerprint density at radius 3 is 3.08 bits per heavy atom. The van der Waals surface area contributed by atoms with Gasteiger partial charge in [0, 0.05) is 22.9 Å². The molecule has 0 N–H and O–H groups in total. The van der Waals surface area contributed by atoms with E-state index in [0.29, 0.717) is 21.1 Å². The van der Waals surface area contributed by atoms with Gasteiger partial charge in [-0.3, -0.25) is 4.68 Å². The summed E-state index contributed by atoms with van der Waals surface area (Å²) >= 11 is 3.25. The van der Waals surface area contributed by atoms with Crippen LogP contribution in [-0.4, -0.2) is 32.4 Å². The maximum absolute atomic E-state index is 14.1. The molecule has 0 spiro atoms. The van der Waals surface area contributed by atoms with Crippen LogP contribution in [-0.2, 0) is 22.5 Å². The fourth-order valence-corrected chi connectivity index (χ4v) is 3.61. The molecular weight excluding hydrogens is 379 g/mol. The second kappa shape index (κ2) is 5.70. The van der Waals surface area contributed by atoms with Crippen molar-refractivity contribution in [3.8, 4) is 0 Å². The van der Waals surface area contributed by atoms with Crippen molar-refractivity contribution in [2.24, 2.45) is 0 Å². The SMILES string of the molecule is COC(=O)C(c1ncn2c1CCC2)n1cc2c(F)cc(Br)cc2n1. The third-order valence-corrected chi connectivity index (χ3v) is 4.75. The molecule has 1 atom stereocenters. The van der Waals surface area contributed by atoms with Crippen LogP contribution in [0.4, 0.5) is 4.39 Å². The highest BCUT2D eigenvalue weighted by atomic mass is 79.9. The lowest BCUT2D eigenvalue weighted by molar-refractivity contribution is -0.143. The van der Waals surface area contributed by atoms with Crippen molar-refractivity contribution in [1.82, 2.24) is 19.3 Å². The van der Waals surface area contributed by atoms with E-state index >= 15 is 0 Å². The van der Waals surface area contributed by atoms with Crippen molar-refractivity contribution < 1.29 is 13.9 Å². The Morgan fingerprint density at radius 2 is 2.29 bits per heavy atom. The van der Waals surface area contributed by atoms with Gasteiger partial charge < -0.3 is 9.30 Å². The van der Waals surface area contributed by atoms with Gasteiger partial charge in [0.05, 0.1) is 30.0 Å². The largest absolute Gasteiger partial charge is 0.467 e. The zero-order chi connectivity index (χ0) is 16.8. The minimum absolute atomic E-state index is 0.350. The predicted octanol–water partition coefficient (Wildman–Crippen LogP) is 2.84. The molecule has 1 aromatic carbocycles. The number of carbonyl (C=O) groups excluding carboxylic acids is 1. The maximum atomic E-state index is 14.1. The van der Waals surface area contributed by atoms with E-state index in [-0.39, 0.29) is 0 Å². The van der Waals surface area contributed by atoms with Crippen LogP contribution >= 0.6 is 15.9 Å². The van der Waals surface area contributed by atoms with Crippen LogP contribution in [0.25, 0.3) is 10.9 Å². The van der Waals surface area contributed by atoms with Crippen molar-refractivity contribution >= 4 is 32.8 Å². The van der Waals surface area contributed by atoms with E-state index in [0.717, 1.165) is 25.1 Å². The molecule has 0 saturated carbocycles. The molecule has 1 aliphatic heterocycles.